The third-order valence-corrected chi connectivity index (χ3v) is 3.01. The number of anilines is 1. The van der Waals surface area contributed by atoms with Gasteiger partial charge in [0.1, 0.15) is 0 Å². The van der Waals surface area contributed by atoms with Crippen LogP contribution >= 0.6 is 0 Å². The van der Waals surface area contributed by atoms with Crippen molar-refractivity contribution in [2.24, 2.45) is 5.73 Å². The smallest absolute Gasteiger partial charge is 0.330 e. The summed E-state index contributed by atoms with van der Waals surface area (Å²) in [4.78, 5) is 13.3. The van der Waals surface area contributed by atoms with Crippen LogP contribution in [0.25, 0.3) is 0 Å². The highest BCUT2D eigenvalue weighted by Gasteiger charge is 2.30. The molecule has 1 atom stereocenters. The molecule has 0 aliphatic heterocycles. The third kappa shape index (κ3) is 4.41. The van der Waals surface area contributed by atoms with E-state index in [1.165, 1.54) is 17.0 Å². The lowest BCUT2D eigenvalue weighted by Gasteiger charge is -2.25. The Labute approximate surface area is 115 Å². The lowest BCUT2D eigenvalue weighted by atomic mass is 10.2. The van der Waals surface area contributed by atoms with E-state index in [2.05, 4.69) is 5.32 Å². The second-order valence-corrected chi connectivity index (χ2v) is 4.55. The van der Waals surface area contributed by atoms with Crippen LogP contribution in [0.15, 0.2) is 24.3 Å². The largest absolute Gasteiger partial charge is 0.416 e. The number of amides is 2. The Morgan fingerprint density at radius 2 is 2.10 bits per heavy atom. The lowest BCUT2D eigenvalue weighted by molar-refractivity contribution is -0.137. The van der Waals surface area contributed by atoms with Crippen molar-refractivity contribution in [2.75, 3.05) is 18.9 Å². The van der Waals surface area contributed by atoms with E-state index in [1.54, 1.807) is 7.05 Å². The number of rotatable bonds is 4. The molecule has 3 N–H and O–H groups in total. The van der Waals surface area contributed by atoms with Crippen molar-refractivity contribution in [3.63, 3.8) is 0 Å². The highest BCUT2D eigenvalue weighted by atomic mass is 19.4. The highest BCUT2D eigenvalue weighted by Crippen LogP contribution is 2.30. The Bertz CT molecular complexity index is 462. The van der Waals surface area contributed by atoms with Gasteiger partial charge in [0.25, 0.3) is 0 Å². The summed E-state index contributed by atoms with van der Waals surface area (Å²) in [5.41, 5.74) is 4.71. The summed E-state index contributed by atoms with van der Waals surface area (Å²) >= 11 is 0. The van der Waals surface area contributed by atoms with Gasteiger partial charge in [-0.15, -0.1) is 0 Å². The molecule has 1 aromatic carbocycles. The first kappa shape index (κ1) is 16.3. The fourth-order valence-electron chi connectivity index (χ4n) is 1.62. The number of carbonyl (C=O) groups is 1. The van der Waals surface area contributed by atoms with Crippen LogP contribution in [-0.2, 0) is 6.18 Å². The molecule has 0 aromatic heterocycles. The Balaban J connectivity index is 2.76. The van der Waals surface area contributed by atoms with E-state index in [9.17, 15) is 18.0 Å². The minimum absolute atomic E-state index is 0.0919. The van der Waals surface area contributed by atoms with Crippen molar-refractivity contribution in [3.8, 4) is 0 Å². The number of benzene rings is 1. The Kier molecular flexibility index (Phi) is 5.38. The van der Waals surface area contributed by atoms with E-state index in [-0.39, 0.29) is 11.7 Å². The van der Waals surface area contributed by atoms with Crippen molar-refractivity contribution in [2.45, 2.75) is 25.6 Å². The first-order valence-electron chi connectivity index (χ1n) is 6.17. The first-order chi connectivity index (χ1) is 9.25. The molecule has 0 bridgehead atoms. The molecule has 0 spiro atoms. The average molecular weight is 289 g/mol. The summed E-state index contributed by atoms with van der Waals surface area (Å²) in [7, 11) is 1.57. The van der Waals surface area contributed by atoms with E-state index in [0.29, 0.717) is 13.0 Å². The number of nitrogens with one attached hydrogen (secondary N) is 1. The zero-order chi connectivity index (χ0) is 15.3. The normalized spacial score (nSPS) is 12.9. The van der Waals surface area contributed by atoms with Crippen LogP contribution < -0.4 is 11.1 Å². The van der Waals surface area contributed by atoms with Crippen LogP contribution in [0.2, 0.25) is 0 Å². The summed E-state index contributed by atoms with van der Waals surface area (Å²) in [5, 5.41) is 2.44. The summed E-state index contributed by atoms with van der Waals surface area (Å²) in [5.74, 6) is 0. The lowest BCUT2D eigenvalue weighted by Crippen LogP contribution is -2.39. The molecule has 1 rings (SSSR count). The molecule has 7 heteroatoms. The topological polar surface area (TPSA) is 58.4 Å². The SMILES string of the molecule is CC(CCN)N(C)C(=O)Nc1cccc(C(F)(F)F)c1. The van der Waals surface area contributed by atoms with E-state index < -0.39 is 17.8 Å². The van der Waals surface area contributed by atoms with Gasteiger partial charge in [-0.2, -0.15) is 13.2 Å². The Morgan fingerprint density at radius 1 is 1.45 bits per heavy atom. The van der Waals surface area contributed by atoms with Gasteiger partial charge in [0, 0.05) is 18.8 Å². The Hall–Kier alpha value is -1.76. The van der Waals surface area contributed by atoms with Gasteiger partial charge in [-0.3, -0.25) is 0 Å². The fraction of sp³-hybridized carbons (Fsp3) is 0.462. The molecule has 1 unspecified atom stereocenters. The molecule has 112 valence electrons. The van der Waals surface area contributed by atoms with E-state index in [0.717, 1.165) is 12.1 Å². The fourth-order valence-corrected chi connectivity index (χ4v) is 1.62. The van der Waals surface area contributed by atoms with E-state index >= 15 is 0 Å². The third-order valence-electron chi connectivity index (χ3n) is 3.01. The van der Waals surface area contributed by atoms with Crippen LogP contribution in [0.4, 0.5) is 23.7 Å². The van der Waals surface area contributed by atoms with Gasteiger partial charge < -0.3 is 16.0 Å². The molecule has 0 heterocycles. The maximum Gasteiger partial charge on any atom is 0.416 e. The maximum absolute atomic E-state index is 12.6. The van der Waals surface area contributed by atoms with Gasteiger partial charge in [0.15, 0.2) is 0 Å². The van der Waals surface area contributed by atoms with Crippen molar-refractivity contribution in [1.82, 2.24) is 4.90 Å². The van der Waals surface area contributed by atoms with Gasteiger partial charge >= 0.3 is 12.2 Å². The molecule has 2 amide bonds. The maximum atomic E-state index is 12.6. The molecule has 20 heavy (non-hydrogen) atoms. The van der Waals surface area contributed by atoms with Gasteiger partial charge in [0.05, 0.1) is 5.56 Å². The van der Waals surface area contributed by atoms with Gasteiger partial charge in [0.2, 0.25) is 0 Å². The zero-order valence-electron chi connectivity index (χ0n) is 11.4. The highest BCUT2D eigenvalue weighted by molar-refractivity contribution is 5.89. The van der Waals surface area contributed by atoms with Crippen LogP contribution in [0.1, 0.15) is 18.9 Å². The summed E-state index contributed by atoms with van der Waals surface area (Å²) < 4.78 is 37.7. The van der Waals surface area contributed by atoms with E-state index in [4.69, 9.17) is 5.73 Å². The van der Waals surface area contributed by atoms with Crippen LogP contribution in [0.5, 0.6) is 0 Å². The van der Waals surface area contributed by atoms with Crippen molar-refractivity contribution in [1.29, 1.82) is 0 Å². The number of halogens is 3. The molecule has 4 nitrogen and oxygen atoms in total. The minimum Gasteiger partial charge on any atom is -0.330 e. The second kappa shape index (κ2) is 6.60. The molecule has 0 radical (unpaired) electrons. The number of alkyl halides is 3. The van der Waals surface area contributed by atoms with Gasteiger partial charge in [-0.25, -0.2) is 4.79 Å². The molecule has 0 saturated carbocycles. The molecule has 0 aliphatic rings. The predicted octanol–water partition coefficient (Wildman–Crippen LogP) is 2.91. The zero-order valence-corrected chi connectivity index (χ0v) is 11.4. The number of carbonyl (C=O) groups excluding carboxylic acids is 1. The number of nitrogens with zero attached hydrogens (tertiary/aromatic N) is 1. The van der Waals surface area contributed by atoms with Crippen LogP contribution in [0, 0.1) is 0 Å². The molecular weight excluding hydrogens is 271 g/mol. The van der Waals surface area contributed by atoms with Gasteiger partial charge in [-0.1, -0.05) is 6.07 Å². The van der Waals surface area contributed by atoms with Crippen LogP contribution in [0.3, 0.4) is 0 Å². The summed E-state index contributed by atoms with van der Waals surface area (Å²) in [6.45, 7) is 2.25. The van der Waals surface area contributed by atoms with E-state index in [1.807, 2.05) is 6.92 Å². The summed E-state index contributed by atoms with van der Waals surface area (Å²) in [6.07, 6.45) is -3.81. The number of hydrogen-bond acceptors (Lipinski definition) is 2. The monoisotopic (exact) mass is 289 g/mol. The van der Waals surface area contributed by atoms with Crippen molar-refractivity contribution < 1.29 is 18.0 Å². The standard InChI is InChI=1S/C13H18F3N3O/c1-9(6-7-17)19(2)12(20)18-11-5-3-4-10(8-11)13(14,15)16/h3-5,8-9H,6-7,17H2,1-2H3,(H,18,20). The molecule has 0 saturated heterocycles. The Morgan fingerprint density at radius 3 is 2.65 bits per heavy atom. The second-order valence-electron chi connectivity index (χ2n) is 4.55. The summed E-state index contributed by atoms with van der Waals surface area (Å²) in [6, 6.07) is 3.96. The van der Waals surface area contributed by atoms with Crippen molar-refractivity contribution in [3.05, 3.63) is 29.8 Å². The number of urea groups is 1. The molecule has 0 aliphatic carbocycles. The number of nitrogens with two attached hydrogens (primary N) is 1. The van der Waals surface area contributed by atoms with Crippen LogP contribution in [-0.4, -0.2) is 30.6 Å². The molecule has 1 aromatic rings. The molecular formula is C13H18F3N3O. The first-order valence-corrected chi connectivity index (χ1v) is 6.17. The number of hydrogen-bond donors (Lipinski definition) is 2. The average Bonchev–Trinajstić information content (AvgIpc) is 2.37. The minimum atomic E-state index is -4.43. The quantitative estimate of drug-likeness (QED) is 0.895. The van der Waals surface area contributed by atoms with Gasteiger partial charge in [-0.05, 0) is 38.1 Å². The predicted molar refractivity (Wildman–Crippen MR) is 71.4 cm³/mol. The molecule has 0 fully saturated rings. The van der Waals surface area contributed by atoms with Crippen molar-refractivity contribution >= 4 is 11.7 Å².